The number of fused-ring (bicyclic) bond motifs is 1. The van der Waals surface area contributed by atoms with Crippen LogP contribution < -0.4 is 4.74 Å². The minimum Gasteiger partial charge on any atom is -0.473 e. The number of ether oxygens (including phenoxy) is 1. The van der Waals surface area contributed by atoms with Gasteiger partial charge in [0.2, 0.25) is 5.88 Å². The van der Waals surface area contributed by atoms with E-state index in [2.05, 4.69) is 32.7 Å². The van der Waals surface area contributed by atoms with Gasteiger partial charge in [-0.3, -0.25) is 0 Å². The molecule has 0 radical (unpaired) electrons. The Labute approximate surface area is 118 Å². The number of nitrogens with zero attached hydrogens (tertiary/aromatic N) is 3. The Morgan fingerprint density at radius 1 is 1.17 bits per heavy atom. The fourth-order valence-corrected chi connectivity index (χ4v) is 2.13. The molecule has 2 aromatic heterocycles. The van der Waals surface area contributed by atoms with Gasteiger partial charge in [-0.05, 0) is 28.2 Å². The number of rotatable bonds is 3. The zero-order valence-electron chi connectivity index (χ0n) is 9.45. The van der Waals surface area contributed by atoms with Crippen LogP contribution in [0.5, 0.6) is 5.88 Å². The molecular weight excluding hydrogens is 341 g/mol. The van der Waals surface area contributed by atoms with Gasteiger partial charge in [0.1, 0.15) is 6.61 Å². The van der Waals surface area contributed by atoms with Crippen molar-refractivity contribution in [1.29, 1.82) is 0 Å². The molecule has 3 aromatic rings. The molecule has 0 fully saturated rings. The highest BCUT2D eigenvalue weighted by molar-refractivity contribution is 14.1. The van der Waals surface area contributed by atoms with Crippen molar-refractivity contribution in [2.75, 3.05) is 0 Å². The summed E-state index contributed by atoms with van der Waals surface area (Å²) in [7, 11) is 0. The minimum absolute atomic E-state index is 0.523. The minimum atomic E-state index is 0.523. The van der Waals surface area contributed by atoms with E-state index in [1.807, 2.05) is 42.6 Å². The standard InChI is InChI=1S/C13H10IN3O/c14-11-8-15-17-7-6-12(16-13(11)17)18-9-10-4-2-1-3-5-10/h1-8H,9H2. The maximum Gasteiger partial charge on any atom is 0.217 e. The van der Waals surface area contributed by atoms with E-state index in [4.69, 9.17) is 4.74 Å². The van der Waals surface area contributed by atoms with Crippen molar-refractivity contribution in [3.63, 3.8) is 0 Å². The molecule has 2 heterocycles. The number of halogens is 1. The zero-order chi connectivity index (χ0) is 12.4. The summed E-state index contributed by atoms with van der Waals surface area (Å²) in [5, 5.41) is 4.17. The van der Waals surface area contributed by atoms with Gasteiger partial charge in [0.15, 0.2) is 5.65 Å². The molecule has 0 amide bonds. The summed E-state index contributed by atoms with van der Waals surface area (Å²) in [6.45, 7) is 0.523. The molecule has 0 saturated heterocycles. The molecule has 0 N–H and O–H groups in total. The Kier molecular flexibility index (Phi) is 3.14. The predicted octanol–water partition coefficient (Wildman–Crippen LogP) is 2.91. The maximum absolute atomic E-state index is 5.67. The van der Waals surface area contributed by atoms with Gasteiger partial charge in [0.25, 0.3) is 0 Å². The normalized spacial score (nSPS) is 10.7. The van der Waals surface area contributed by atoms with Crippen LogP contribution in [-0.2, 0) is 6.61 Å². The van der Waals surface area contributed by atoms with E-state index < -0.39 is 0 Å². The average Bonchev–Trinajstić information content (AvgIpc) is 2.79. The first kappa shape index (κ1) is 11.5. The van der Waals surface area contributed by atoms with Gasteiger partial charge >= 0.3 is 0 Å². The highest BCUT2D eigenvalue weighted by atomic mass is 127. The van der Waals surface area contributed by atoms with Gasteiger partial charge in [0, 0.05) is 12.3 Å². The summed E-state index contributed by atoms with van der Waals surface area (Å²) in [5.74, 6) is 0.616. The summed E-state index contributed by atoms with van der Waals surface area (Å²) in [5.41, 5.74) is 1.95. The van der Waals surface area contributed by atoms with Crippen LogP contribution in [0.1, 0.15) is 5.56 Å². The van der Waals surface area contributed by atoms with Crippen LogP contribution in [-0.4, -0.2) is 14.6 Å². The molecule has 0 saturated carbocycles. The molecule has 5 heteroatoms. The van der Waals surface area contributed by atoms with Crippen molar-refractivity contribution in [1.82, 2.24) is 14.6 Å². The average molecular weight is 351 g/mol. The van der Waals surface area contributed by atoms with Gasteiger partial charge in [-0.1, -0.05) is 30.3 Å². The Bertz CT molecular complexity index is 666. The molecule has 4 nitrogen and oxygen atoms in total. The van der Waals surface area contributed by atoms with Crippen molar-refractivity contribution in [2.24, 2.45) is 0 Å². The van der Waals surface area contributed by atoms with Gasteiger partial charge in [-0.25, -0.2) is 4.52 Å². The SMILES string of the molecule is Ic1cnn2ccc(OCc3ccccc3)nc12. The van der Waals surface area contributed by atoms with Gasteiger partial charge in [-0.2, -0.15) is 10.1 Å². The van der Waals surface area contributed by atoms with E-state index in [9.17, 15) is 0 Å². The molecular formula is C13H10IN3O. The van der Waals surface area contributed by atoms with E-state index in [-0.39, 0.29) is 0 Å². The monoisotopic (exact) mass is 351 g/mol. The van der Waals surface area contributed by atoms with Crippen molar-refractivity contribution in [2.45, 2.75) is 6.61 Å². The lowest BCUT2D eigenvalue weighted by atomic mass is 10.2. The quantitative estimate of drug-likeness (QED) is 0.682. The molecule has 18 heavy (non-hydrogen) atoms. The summed E-state index contributed by atoms with van der Waals surface area (Å²) >= 11 is 2.21. The topological polar surface area (TPSA) is 39.4 Å². The predicted molar refractivity (Wildman–Crippen MR) is 76.5 cm³/mol. The first-order valence-corrected chi connectivity index (χ1v) is 6.57. The second-order valence-corrected chi connectivity index (χ2v) is 4.96. The number of hydrogen-bond acceptors (Lipinski definition) is 3. The second kappa shape index (κ2) is 4.93. The van der Waals surface area contributed by atoms with Crippen LogP contribution in [0.25, 0.3) is 5.65 Å². The maximum atomic E-state index is 5.67. The third-order valence-corrected chi connectivity index (χ3v) is 3.29. The van der Waals surface area contributed by atoms with Crippen molar-refractivity contribution in [3.05, 3.63) is 57.9 Å². The van der Waals surface area contributed by atoms with E-state index >= 15 is 0 Å². The highest BCUT2D eigenvalue weighted by Gasteiger charge is 2.04. The van der Waals surface area contributed by atoms with Crippen LogP contribution in [0.3, 0.4) is 0 Å². The number of hydrogen-bond donors (Lipinski definition) is 0. The Balaban J connectivity index is 1.80. The highest BCUT2D eigenvalue weighted by Crippen LogP contribution is 2.15. The fourth-order valence-electron chi connectivity index (χ4n) is 1.64. The molecule has 0 spiro atoms. The Morgan fingerprint density at radius 3 is 2.83 bits per heavy atom. The van der Waals surface area contributed by atoms with Crippen LogP contribution in [0.2, 0.25) is 0 Å². The Hall–Kier alpha value is -1.63. The summed E-state index contributed by atoms with van der Waals surface area (Å²) in [4.78, 5) is 4.42. The molecule has 0 unspecified atom stereocenters. The fraction of sp³-hybridized carbons (Fsp3) is 0.0769. The largest absolute Gasteiger partial charge is 0.473 e. The summed E-state index contributed by atoms with van der Waals surface area (Å²) < 4.78 is 8.41. The van der Waals surface area contributed by atoms with E-state index in [0.717, 1.165) is 14.8 Å². The third kappa shape index (κ3) is 2.31. The number of benzene rings is 1. The first-order chi connectivity index (χ1) is 8.83. The molecule has 0 bridgehead atoms. The van der Waals surface area contributed by atoms with E-state index in [1.165, 1.54) is 0 Å². The third-order valence-electron chi connectivity index (χ3n) is 2.53. The number of aromatic nitrogens is 3. The second-order valence-electron chi connectivity index (χ2n) is 3.80. The molecule has 0 aliphatic heterocycles. The molecule has 1 aromatic carbocycles. The summed E-state index contributed by atoms with van der Waals surface area (Å²) in [6.07, 6.45) is 3.63. The van der Waals surface area contributed by atoms with Crippen LogP contribution >= 0.6 is 22.6 Å². The van der Waals surface area contributed by atoms with Crippen molar-refractivity contribution >= 4 is 28.2 Å². The first-order valence-electron chi connectivity index (χ1n) is 5.49. The zero-order valence-corrected chi connectivity index (χ0v) is 11.6. The van der Waals surface area contributed by atoms with Crippen LogP contribution in [0, 0.1) is 3.57 Å². The molecule has 90 valence electrons. The lowest BCUT2D eigenvalue weighted by Crippen LogP contribution is -1.99. The molecule has 0 aliphatic carbocycles. The van der Waals surface area contributed by atoms with Gasteiger partial charge in [0.05, 0.1) is 9.77 Å². The van der Waals surface area contributed by atoms with E-state index in [1.54, 1.807) is 10.7 Å². The molecule has 0 atom stereocenters. The Morgan fingerprint density at radius 2 is 2.00 bits per heavy atom. The smallest absolute Gasteiger partial charge is 0.217 e. The van der Waals surface area contributed by atoms with Crippen molar-refractivity contribution < 1.29 is 4.74 Å². The van der Waals surface area contributed by atoms with Gasteiger partial charge < -0.3 is 4.74 Å². The van der Waals surface area contributed by atoms with Gasteiger partial charge in [-0.15, -0.1) is 0 Å². The van der Waals surface area contributed by atoms with E-state index in [0.29, 0.717) is 12.5 Å². The molecule has 3 rings (SSSR count). The molecule has 0 aliphatic rings. The lowest BCUT2D eigenvalue weighted by molar-refractivity contribution is 0.294. The van der Waals surface area contributed by atoms with Crippen molar-refractivity contribution in [3.8, 4) is 5.88 Å². The van der Waals surface area contributed by atoms with Crippen LogP contribution in [0.15, 0.2) is 48.8 Å². The van der Waals surface area contributed by atoms with Crippen LogP contribution in [0.4, 0.5) is 0 Å². The lowest BCUT2D eigenvalue weighted by Gasteiger charge is -2.05. The summed E-state index contributed by atoms with van der Waals surface area (Å²) in [6, 6.07) is 11.9.